The van der Waals surface area contributed by atoms with Crippen molar-refractivity contribution in [2.24, 2.45) is 5.92 Å². The van der Waals surface area contributed by atoms with Gasteiger partial charge in [-0.3, -0.25) is 9.69 Å². The van der Waals surface area contributed by atoms with Crippen LogP contribution >= 0.6 is 0 Å². The fourth-order valence-corrected chi connectivity index (χ4v) is 3.76. The molecule has 0 spiro atoms. The minimum atomic E-state index is -0.0518. The lowest BCUT2D eigenvalue weighted by Crippen LogP contribution is -2.32. The molecule has 1 N–H and O–H groups in total. The van der Waals surface area contributed by atoms with Crippen LogP contribution in [0.25, 0.3) is 0 Å². The van der Waals surface area contributed by atoms with Crippen LogP contribution in [0.4, 0.5) is 0 Å². The molecule has 4 heteroatoms. The lowest BCUT2D eigenvalue weighted by molar-refractivity contribution is 0.0947. The van der Waals surface area contributed by atoms with Gasteiger partial charge in [0.25, 0.3) is 5.91 Å². The standard InChI is InChI=1S/C25H34N2O2/c1-19(2)23-6-4-5-7-24(23)29-17-14-26-25(28)22-10-8-21(9-11-22)18-27-15-12-20(3)13-16-27/h4-11,19-20H,12-18H2,1-3H3,(H,26,28). The third kappa shape index (κ3) is 6.33. The van der Waals surface area contributed by atoms with Gasteiger partial charge < -0.3 is 10.1 Å². The normalized spacial score (nSPS) is 15.4. The van der Waals surface area contributed by atoms with Crippen molar-refractivity contribution in [1.82, 2.24) is 10.2 Å². The first-order chi connectivity index (χ1) is 14.0. The Morgan fingerprint density at radius 3 is 2.48 bits per heavy atom. The summed E-state index contributed by atoms with van der Waals surface area (Å²) in [5.74, 6) is 2.10. The van der Waals surface area contributed by atoms with Crippen LogP contribution in [-0.2, 0) is 6.54 Å². The molecular weight excluding hydrogens is 360 g/mol. The van der Waals surface area contributed by atoms with E-state index in [2.05, 4.69) is 49.2 Å². The fraction of sp³-hybridized carbons (Fsp3) is 0.480. The number of rotatable bonds is 8. The molecule has 1 heterocycles. The van der Waals surface area contributed by atoms with E-state index in [-0.39, 0.29) is 5.91 Å². The Balaban J connectivity index is 1.43. The molecular formula is C25H34N2O2. The summed E-state index contributed by atoms with van der Waals surface area (Å²) >= 11 is 0. The molecule has 1 aliphatic heterocycles. The second-order valence-electron chi connectivity index (χ2n) is 8.45. The summed E-state index contributed by atoms with van der Waals surface area (Å²) in [6.07, 6.45) is 2.56. The first kappa shape index (κ1) is 21.4. The zero-order valence-electron chi connectivity index (χ0n) is 18.0. The van der Waals surface area contributed by atoms with Crippen LogP contribution in [0.2, 0.25) is 0 Å². The average molecular weight is 395 g/mol. The van der Waals surface area contributed by atoms with Crippen molar-refractivity contribution in [3.05, 3.63) is 65.2 Å². The molecule has 3 rings (SSSR count). The molecule has 0 atom stereocenters. The van der Waals surface area contributed by atoms with Crippen LogP contribution in [-0.4, -0.2) is 37.0 Å². The molecule has 1 saturated heterocycles. The van der Waals surface area contributed by atoms with Gasteiger partial charge >= 0.3 is 0 Å². The largest absolute Gasteiger partial charge is 0.491 e. The van der Waals surface area contributed by atoms with E-state index in [0.717, 1.165) is 18.2 Å². The monoisotopic (exact) mass is 394 g/mol. The number of likely N-dealkylation sites (tertiary alicyclic amines) is 1. The number of hydrogen-bond acceptors (Lipinski definition) is 3. The van der Waals surface area contributed by atoms with E-state index < -0.39 is 0 Å². The third-order valence-electron chi connectivity index (χ3n) is 5.68. The van der Waals surface area contributed by atoms with Gasteiger partial charge in [-0.05, 0) is 67.1 Å². The van der Waals surface area contributed by atoms with Crippen LogP contribution in [0.15, 0.2) is 48.5 Å². The molecule has 4 nitrogen and oxygen atoms in total. The second kappa shape index (κ2) is 10.4. The molecule has 1 amide bonds. The predicted octanol–water partition coefficient (Wildman–Crippen LogP) is 4.85. The van der Waals surface area contributed by atoms with Crippen molar-refractivity contribution in [3.63, 3.8) is 0 Å². The molecule has 2 aromatic carbocycles. The maximum absolute atomic E-state index is 12.4. The highest BCUT2D eigenvalue weighted by molar-refractivity contribution is 5.94. The molecule has 1 fully saturated rings. The lowest BCUT2D eigenvalue weighted by Gasteiger charge is -2.30. The van der Waals surface area contributed by atoms with Gasteiger partial charge in [-0.25, -0.2) is 0 Å². The zero-order chi connectivity index (χ0) is 20.6. The maximum atomic E-state index is 12.4. The van der Waals surface area contributed by atoms with Gasteiger partial charge in [-0.15, -0.1) is 0 Å². The summed E-state index contributed by atoms with van der Waals surface area (Å²) < 4.78 is 5.88. The van der Waals surface area contributed by atoms with Crippen molar-refractivity contribution >= 4 is 5.91 Å². The number of benzene rings is 2. The SMILES string of the molecule is CC1CCN(Cc2ccc(C(=O)NCCOc3ccccc3C(C)C)cc2)CC1. The second-order valence-corrected chi connectivity index (χ2v) is 8.45. The van der Waals surface area contributed by atoms with E-state index in [1.165, 1.54) is 37.1 Å². The van der Waals surface area contributed by atoms with Gasteiger partial charge in [0.2, 0.25) is 0 Å². The highest BCUT2D eigenvalue weighted by Crippen LogP contribution is 2.25. The van der Waals surface area contributed by atoms with Crippen molar-refractivity contribution in [3.8, 4) is 5.75 Å². The molecule has 0 aromatic heterocycles. The van der Waals surface area contributed by atoms with Crippen LogP contribution in [0, 0.1) is 5.92 Å². The number of piperidine rings is 1. The summed E-state index contributed by atoms with van der Waals surface area (Å²) in [5.41, 5.74) is 3.16. The number of nitrogens with zero attached hydrogens (tertiary/aromatic N) is 1. The van der Waals surface area contributed by atoms with Crippen molar-refractivity contribution < 1.29 is 9.53 Å². The minimum Gasteiger partial charge on any atom is -0.491 e. The molecule has 1 aliphatic rings. The van der Waals surface area contributed by atoms with E-state index in [0.29, 0.717) is 24.6 Å². The number of nitrogens with one attached hydrogen (secondary N) is 1. The van der Waals surface area contributed by atoms with Gasteiger partial charge in [-0.2, -0.15) is 0 Å². The number of ether oxygens (including phenoxy) is 1. The molecule has 2 aromatic rings. The summed E-state index contributed by atoms with van der Waals surface area (Å²) in [4.78, 5) is 14.9. The summed E-state index contributed by atoms with van der Waals surface area (Å²) in [6, 6.07) is 16.1. The quantitative estimate of drug-likeness (QED) is 0.651. The van der Waals surface area contributed by atoms with E-state index in [1.807, 2.05) is 30.3 Å². The summed E-state index contributed by atoms with van der Waals surface area (Å²) in [6.45, 7) is 10.9. The number of para-hydroxylation sites is 1. The number of carbonyl (C=O) groups excluding carboxylic acids is 1. The molecule has 0 aliphatic carbocycles. The molecule has 0 radical (unpaired) electrons. The first-order valence-electron chi connectivity index (χ1n) is 10.8. The van der Waals surface area contributed by atoms with Crippen molar-refractivity contribution in [2.75, 3.05) is 26.2 Å². The third-order valence-corrected chi connectivity index (χ3v) is 5.68. The summed E-state index contributed by atoms with van der Waals surface area (Å²) in [7, 11) is 0. The number of amides is 1. The van der Waals surface area contributed by atoms with Crippen molar-refractivity contribution in [2.45, 2.75) is 46.1 Å². The molecule has 0 bridgehead atoms. The molecule has 0 unspecified atom stereocenters. The Kier molecular flexibility index (Phi) is 7.70. The van der Waals surface area contributed by atoms with Gasteiger partial charge in [0.05, 0.1) is 6.54 Å². The van der Waals surface area contributed by atoms with Crippen LogP contribution in [0.1, 0.15) is 61.0 Å². The average Bonchev–Trinajstić information content (AvgIpc) is 2.73. The van der Waals surface area contributed by atoms with Gasteiger partial charge in [0, 0.05) is 12.1 Å². The molecule has 156 valence electrons. The van der Waals surface area contributed by atoms with E-state index in [4.69, 9.17) is 4.74 Å². The first-order valence-corrected chi connectivity index (χ1v) is 10.8. The Morgan fingerprint density at radius 2 is 1.79 bits per heavy atom. The van der Waals surface area contributed by atoms with Crippen LogP contribution in [0.3, 0.4) is 0 Å². The Labute approximate surface area is 175 Å². The van der Waals surface area contributed by atoms with Crippen LogP contribution in [0.5, 0.6) is 5.75 Å². The highest BCUT2D eigenvalue weighted by Gasteiger charge is 2.15. The van der Waals surface area contributed by atoms with Crippen molar-refractivity contribution in [1.29, 1.82) is 0 Å². The minimum absolute atomic E-state index is 0.0518. The van der Waals surface area contributed by atoms with E-state index >= 15 is 0 Å². The Hall–Kier alpha value is -2.33. The topological polar surface area (TPSA) is 41.6 Å². The van der Waals surface area contributed by atoms with Gasteiger partial charge in [0.15, 0.2) is 0 Å². The lowest BCUT2D eigenvalue weighted by atomic mass is 9.99. The van der Waals surface area contributed by atoms with E-state index in [1.54, 1.807) is 0 Å². The van der Waals surface area contributed by atoms with Gasteiger partial charge in [0.1, 0.15) is 12.4 Å². The van der Waals surface area contributed by atoms with E-state index in [9.17, 15) is 4.79 Å². The number of hydrogen-bond donors (Lipinski definition) is 1. The number of carbonyl (C=O) groups is 1. The zero-order valence-corrected chi connectivity index (χ0v) is 18.0. The van der Waals surface area contributed by atoms with Gasteiger partial charge in [-0.1, -0.05) is 51.1 Å². The molecule has 29 heavy (non-hydrogen) atoms. The summed E-state index contributed by atoms with van der Waals surface area (Å²) in [5, 5.41) is 2.95. The smallest absolute Gasteiger partial charge is 0.251 e. The Morgan fingerprint density at radius 1 is 1.10 bits per heavy atom. The molecule has 0 saturated carbocycles. The predicted molar refractivity (Wildman–Crippen MR) is 118 cm³/mol. The highest BCUT2D eigenvalue weighted by atomic mass is 16.5. The Bertz CT molecular complexity index is 778. The van der Waals surface area contributed by atoms with Crippen LogP contribution < -0.4 is 10.1 Å². The maximum Gasteiger partial charge on any atom is 0.251 e. The fourth-order valence-electron chi connectivity index (χ4n) is 3.76.